The summed E-state index contributed by atoms with van der Waals surface area (Å²) in [6, 6.07) is 17.5. The predicted molar refractivity (Wildman–Crippen MR) is 114 cm³/mol. The van der Waals surface area contributed by atoms with Crippen molar-refractivity contribution in [3.8, 4) is 11.5 Å². The van der Waals surface area contributed by atoms with Crippen LogP contribution in [0, 0.1) is 6.92 Å². The van der Waals surface area contributed by atoms with E-state index in [-0.39, 0.29) is 29.0 Å². The molecule has 1 heterocycles. The number of aryl methyl sites for hydroxylation is 2. The Labute approximate surface area is 175 Å². The van der Waals surface area contributed by atoms with Crippen molar-refractivity contribution in [1.82, 2.24) is 4.57 Å². The largest absolute Gasteiger partial charge is 0.508 e. The van der Waals surface area contributed by atoms with Crippen molar-refractivity contribution in [3.05, 3.63) is 93.4 Å². The molecule has 0 saturated heterocycles. The average molecular weight is 407 g/mol. The Morgan fingerprint density at radius 3 is 2.37 bits per heavy atom. The Hall–Kier alpha value is -3.54. The molecule has 0 saturated carbocycles. The van der Waals surface area contributed by atoms with Gasteiger partial charge < -0.3 is 19.5 Å². The third-order valence-electron chi connectivity index (χ3n) is 5.23. The molecule has 3 rings (SSSR count). The fourth-order valence-corrected chi connectivity index (χ4v) is 3.60. The van der Waals surface area contributed by atoms with Crippen molar-refractivity contribution in [2.75, 3.05) is 7.11 Å². The van der Waals surface area contributed by atoms with Crippen molar-refractivity contribution >= 4 is 5.97 Å². The Morgan fingerprint density at radius 1 is 1.07 bits per heavy atom. The van der Waals surface area contributed by atoms with Crippen molar-refractivity contribution in [2.24, 2.45) is 0 Å². The lowest BCUT2D eigenvalue weighted by molar-refractivity contribution is -0.140. The van der Waals surface area contributed by atoms with Crippen LogP contribution in [-0.2, 0) is 22.5 Å². The van der Waals surface area contributed by atoms with E-state index < -0.39 is 11.9 Å². The van der Waals surface area contributed by atoms with E-state index in [0.29, 0.717) is 18.7 Å². The summed E-state index contributed by atoms with van der Waals surface area (Å²) in [6.07, 6.45) is 0.530. The second-order valence-electron chi connectivity index (χ2n) is 7.20. The third kappa shape index (κ3) is 4.71. The lowest BCUT2D eigenvalue weighted by Gasteiger charge is -2.20. The molecular weight excluding hydrogens is 382 g/mol. The van der Waals surface area contributed by atoms with Gasteiger partial charge in [0.25, 0.3) is 5.56 Å². The summed E-state index contributed by atoms with van der Waals surface area (Å²) in [6.45, 7) is 2.17. The molecular formula is C24H25NO5. The highest BCUT2D eigenvalue weighted by molar-refractivity contribution is 5.71. The fraction of sp³-hybridized carbons (Fsp3) is 0.250. The van der Waals surface area contributed by atoms with Gasteiger partial charge in [-0.15, -0.1) is 0 Å². The average Bonchev–Trinajstić information content (AvgIpc) is 2.74. The standard InChI is InChI=1S/C24H25NO5/c1-16-14-21(27)23(20(15-22(28)30-2)18-6-4-3-5-7-18)24(29)25(16)13-12-17-8-10-19(26)11-9-17/h3-11,14,20,26-27H,12-13,15H2,1-2H3. The highest BCUT2D eigenvalue weighted by Crippen LogP contribution is 2.32. The molecule has 0 aliphatic rings. The summed E-state index contributed by atoms with van der Waals surface area (Å²) >= 11 is 0. The minimum Gasteiger partial charge on any atom is -0.508 e. The van der Waals surface area contributed by atoms with Crippen LogP contribution in [0.2, 0.25) is 0 Å². The molecule has 1 atom stereocenters. The number of ether oxygens (including phenoxy) is 1. The van der Waals surface area contributed by atoms with E-state index in [9.17, 15) is 19.8 Å². The Morgan fingerprint density at radius 2 is 1.73 bits per heavy atom. The molecule has 0 aliphatic carbocycles. The molecule has 6 nitrogen and oxygen atoms in total. The molecule has 0 aliphatic heterocycles. The highest BCUT2D eigenvalue weighted by atomic mass is 16.5. The molecule has 3 aromatic rings. The lowest BCUT2D eigenvalue weighted by atomic mass is 9.88. The molecule has 0 radical (unpaired) electrons. The van der Waals surface area contributed by atoms with Gasteiger partial charge in [-0.3, -0.25) is 9.59 Å². The van der Waals surface area contributed by atoms with E-state index in [4.69, 9.17) is 4.74 Å². The molecule has 1 aromatic heterocycles. The molecule has 2 aromatic carbocycles. The number of aromatic nitrogens is 1. The van der Waals surface area contributed by atoms with E-state index in [1.54, 1.807) is 41.8 Å². The number of rotatable bonds is 7. The van der Waals surface area contributed by atoms with Crippen molar-refractivity contribution in [2.45, 2.75) is 32.2 Å². The molecule has 0 spiro atoms. The molecule has 6 heteroatoms. The second kappa shape index (κ2) is 9.31. The summed E-state index contributed by atoms with van der Waals surface area (Å²) in [7, 11) is 1.30. The molecule has 0 fully saturated rings. The van der Waals surface area contributed by atoms with Crippen LogP contribution in [0.5, 0.6) is 11.5 Å². The van der Waals surface area contributed by atoms with Gasteiger partial charge in [-0.05, 0) is 42.7 Å². The molecule has 0 amide bonds. The Balaban J connectivity index is 2.02. The Bertz CT molecular complexity index is 1070. The number of carbonyl (C=O) groups is 1. The number of aromatic hydroxyl groups is 2. The second-order valence-corrected chi connectivity index (χ2v) is 7.20. The van der Waals surface area contributed by atoms with Gasteiger partial charge in [-0.25, -0.2) is 0 Å². The van der Waals surface area contributed by atoms with Gasteiger partial charge >= 0.3 is 5.97 Å². The normalized spacial score (nSPS) is 11.8. The van der Waals surface area contributed by atoms with Gasteiger partial charge in [0.15, 0.2) is 0 Å². The first kappa shape index (κ1) is 21.2. The van der Waals surface area contributed by atoms with E-state index >= 15 is 0 Å². The van der Waals surface area contributed by atoms with E-state index in [0.717, 1.165) is 11.1 Å². The smallest absolute Gasteiger partial charge is 0.306 e. The zero-order chi connectivity index (χ0) is 21.7. The molecule has 30 heavy (non-hydrogen) atoms. The molecule has 1 unspecified atom stereocenters. The van der Waals surface area contributed by atoms with E-state index in [1.807, 2.05) is 30.3 Å². The number of esters is 1. The molecule has 0 bridgehead atoms. The maximum atomic E-state index is 13.4. The van der Waals surface area contributed by atoms with Crippen LogP contribution in [-0.4, -0.2) is 27.9 Å². The highest BCUT2D eigenvalue weighted by Gasteiger charge is 2.26. The number of phenols is 1. The van der Waals surface area contributed by atoms with Gasteiger partial charge in [0, 0.05) is 18.2 Å². The van der Waals surface area contributed by atoms with Gasteiger partial charge in [-0.1, -0.05) is 42.5 Å². The summed E-state index contributed by atoms with van der Waals surface area (Å²) in [4.78, 5) is 25.4. The number of methoxy groups -OCH3 is 1. The van der Waals surface area contributed by atoms with Crippen LogP contribution in [0.25, 0.3) is 0 Å². The topological polar surface area (TPSA) is 88.8 Å². The van der Waals surface area contributed by atoms with Crippen molar-refractivity contribution in [3.63, 3.8) is 0 Å². The van der Waals surface area contributed by atoms with Crippen LogP contribution in [0.3, 0.4) is 0 Å². The van der Waals surface area contributed by atoms with Crippen molar-refractivity contribution in [1.29, 1.82) is 0 Å². The van der Waals surface area contributed by atoms with Gasteiger partial charge in [0.05, 0.1) is 19.1 Å². The number of nitrogens with zero attached hydrogens (tertiary/aromatic N) is 1. The molecule has 2 N–H and O–H groups in total. The van der Waals surface area contributed by atoms with Crippen LogP contribution in [0.1, 0.15) is 34.7 Å². The predicted octanol–water partition coefficient (Wildman–Crippen LogP) is 3.51. The quantitative estimate of drug-likeness (QED) is 0.585. The number of carbonyl (C=O) groups excluding carboxylic acids is 1. The van der Waals surface area contributed by atoms with Gasteiger partial charge in [0.1, 0.15) is 11.5 Å². The zero-order valence-corrected chi connectivity index (χ0v) is 17.0. The van der Waals surface area contributed by atoms with Crippen LogP contribution in [0.15, 0.2) is 65.5 Å². The van der Waals surface area contributed by atoms with Gasteiger partial charge in [-0.2, -0.15) is 0 Å². The lowest BCUT2D eigenvalue weighted by Crippen LogP contribution is -2.29. The first-order valence-corrected chi connectivity index (χ1v) is 9.73. The van der Waals surface area contributed by atoms with Gasteiger partial charge in [0.2, 0.25) is 0 Å². The Kier molecular flexibility index (Phi) is 6.57. The fourth-order valence-electron chi connectivity index (χ4n) is 3.60. The van der Waals surface area contributed by atoms with Crippen LogP contribution < -0.4 is 5.56 Å². The van der Waals surface area contributed by atoms with E-state index in [1.165, 1.54) is 7.11 Å². The monoisotopic (exact) mass is 407 g/mol. The SMILES string of the molecule is COC(=O)CC(c1ccccc1)c1c(O)cc(C)n(CCc2ccc(O)cc2)c1=O. The summed E-state index contributed by atoms with van der Waals surface area (Å²) < 4.78 is 6.43. The summed E-state index contributed by atoms with van der Waals surface area (Å²) in [5, 5.41) is 20.1. The minimum atomic E-state index is -0.619. The van der Waals surface area contributed by atoms with Crippen LogP contribution in [0.4, 0.5) is 0 Å². The summed E-state index contributed by atoms with van der Waals surface area (Å²) in [5.74, 6) is -1.02. The summed E-state index contributed by atoms with van der Waals surface area (Å²) in [5.41, 5.74) is 2.21. The first-order valence-electron chi connectivity index (χ1n) is 9.73. The van der Waals surface area contributed by atoms with Crippen molar-refractivity contribution < 1.29 is 19.7 Å². The maximum absolute atomic E-state index is 13.4. The first-order chi connectivity index (χ1) is 14.4. The third-order valence-corrected chi connectivity index (χ3v) is 5.23. The number of hydrogen-bond donors (Lipinski definition) is 2. The van der Waals surface area contributed by atoms with Crippen LogP contribution >= 0.6 is 0 Å². The number of phenolic OH excluding ortho intramolecular Hbond substituents is 1. The minimum absolute atomic E-state index is 0.0513. The maximum Gasteiger partial charge on any atom is 0.306 e. The molecule has 156 valence electrons. The number of pyridine rings is 1. The number of hydrogen-bond acceptors (Lipinski definition) is 5. The van der Waals surface area contributed by atoms with E-state index in [2.05, 4.69) is 0 Å². The zero-order valence-electron chi connectivity index (χ0n) is 17.0. The number of benzene rings is 2.